The van der Waals surface area contributed by atoms with E-state index in [2.05, 4.69) is 0 Å². The first-order valence-corrected chi connectivity index (χ1v) is 9.79. The van der Waals surface area contributed by atoms with Gasteiger partial charge in [0.25, 0.3) is 0 Å². The minimum Gasteiger partial charge on any atom is -0.510 e. The fraction of sp³-hybridized carbons (Fsp3) is 0.409. The van der Waals surface area contributed by atoms with Gasteiger partial charge in [-0.3, -0.25) is 19.3 Å². The molecular weight excluding hydrogens is 406 g/mol. The molecule has 5 atom stereocenters. The van der Waals surface area contributed by atoms with Crippen LogP contribution in [0.1, 0.15) is 22.8 Å². The van der Waals surface area contributed by atoms with E-state index in [-0.39, 0.29) is 23.3 Å². The minimum absolute atomic E-state index is 0.0565. The van der Waals surface area contributed by atoms with E-state index in [1.165, 1.54) is 25.1 Å². The second-order valence-electron chi connectivity index (χ2n) is 8.55. The van der Waals surface area contributed by atoms with Gasteiger partial charge in [0.2, 0.25) is 5.78 Å². The summed E-state index contributed by atoms with van der Waals surface area (Å²) in [5, 5.41) is 54.7. The number of benzene rings is 1. The molecule has 31 heavy (non-hydrogen) atoms. The van der Waals surface area contributed by atoms with Crippen LogP contribution in [0.5, 0.6) is 5.75 Å². The van der Waals surface area contributed by atoms with Crippen molar-refractivity contribution >= 4 is 17.3 Å². The van der Waals surface area contributed by atoms with E-state index in [1.807, 2.05) is 0 Å². The number of rotatable bonds is 2. The highest BCUT2D eigenvalue weighted by Crippen LogP contribution is 2.52. The third-order valence-corrected chi connectivity index (χ3v) is 6.65. The van der Waals surface area contributed by atoms with Gasteiger partial charge >= 0.3 is 0 Å². The SMILES string of the molecule is CC(=O)C1=C(O)[C@@H](N(C)C)[C@@H]2[C@@H](O)[C@@H]3Cc4cccc(O)c4C(=O)C3=C(O)[C@]2(O)C1=O. The van der Waals surface area contributed by atoms with Gasteiger partial charge < -0.3 is 25.5 Å². The zero-order valence-corrected chi connectivity index (χ0v) is 17.2. The lowest BCUT2D eigenvalue weighted by molar-refractivity contribution is -0.161. The van der Waals surface area contributed by atoms with Crippen LogP contribution in [-0.2, 0) is 16.0 Å². The summed E-state index contributed by atoms with van der Waals surface area (Å²) in [7, 11) is 3.05. The van der Waals surface area contributed by atoms with Crippen molar-refractivity contribution in [3.63, 3.8) is 0 Å². The fourth-order valence-electron chi connectivity index (χ4n) is 5.30. The number of ketones is 3. The molecule has 1 aromatic carbocycles. The summed E-state index contributed by atoms with van der Waals surface area (Å²) in [6, 6.07) is 3.27. The van der Waals surface area contributed by atoms with Crippen LogP contribution in [0.15, 0.2) is 40.9 Å². The lowest BCUT2D eigenvalue weighted by Gasteiger charge is -2.52. The number of hydrogen-bond acceptors (Lipinski definition) is 9. The van der Waals surface area contributed by atoms with Crippen LogP contribution in [0.3, 0.4) is 0 Å². The second-order valence-corrected chi connectivity index (χ2v) is 8.55. The lowest BCUT2D eigenvalue weighted by Crippen LogP contribution is -2.68. The molecule has 0 spiro atoms. The minimum atomic E-state index is -2.80. The molecule has 5 N–H and O–H groups in total. The van der Waals surface area contributed by atoms with Crippen molar-refractivity contribution < 1.29 is 39.9 Å². The number of nitrogens with zero attached hydrogens (tertiary/aromatic N) is 1. The van der Waals surface area contributed by atoms with E-state index >= 15 is 0 Å². The summed E-state index contributed by atoms with van der Waals surface area (Å²) in [6.07, 6.45) is -1.47. The van der Waals surface area contributed by atoms with Crippen LogP contribution >= 0.6 is 0 Å². The van der Waals surface area contributed by atoms with Gasteiger partial charge in [-0.15, -0.1) is 0 Å². The number of fused-ring (bicyclic) bond motifs is 3. The molecule has 3 aliphatic rings. The first-order valence-electron chi connectivity index (χ1n) is 9.79. The average molecular weight is 429 g/mol. The van der Waals surface area contributed by atoms with Gasteiger partial charge in [0.1, 0.15) is 22.8 Å². The first-order chi connectivity index (χ1) is 14.4. The Morgan fingerprint density at radius 3 is 2.39 bits per heavy atom. The zero-order valence-electron chi connectivity index (χ0n) is 17.2. The molecule has 0 saturated heterocycles. The van der Waals surface area contributed by atoms with E-state index < -0.39 is 64.0 Å². The van der Waals surface area contributed by atoms with E-state index in [9.17, 15) is 39.9 Å². The quantitative estimate of drug-likeness (QED) is 0.414. The van der Waals surface area contributed by atoms with Crippen LogP contribution in [0, 0.1) is 11.8 Å². The van der Waals surface area contributed by atoms with Gasteiger partial charge in [0.15, 0.2) is 17.2 Å². The summed E-state index contributed by atoms with van der Waals surface area (Å²) in [5.74, 6) is -7.25. The smallest absolute Gasteiger partial charge is 0.209 e. The molecule has 164 valence electrons. The predicted octanol–water partition coefficient (Wildman–Crippen LogP) is 0.195. The van der Waals surface area contributed by atoms with Crippen molar-refractivity contribution in [2.24, 2.45) is 11.8 Å². The number of phenols is 1. The number of aliphatic hydroxyl groups is 4. The monoisotopic (exact) mass is 429 g/mol. The molecule has 0 saturated carbocycles. The number of aromatic hydroxyl groups is 1. The molecule has 0 unspecified atom stereocenters. The summed E-state index contributed by atoms with van der Waals surface area (Å²) >= 11 is 0. The van der Waals surface area contributed by atoms with E-state index in [4.69, 9.17) is 0 Å². The Kier molecular flexibility index (Phi) is 4.62. The van der Waals surface area contributed by atoms with Crippen molar-refractivity contribution in [3.8, 4) is 5.75 Å². The summed E-state index contributed by atoms with van der Waals surface area (Å²) in [5.41, 5.74) is -3.50. The lowest BCUT2D eigenvalue weighted by atomic mass is 9.57. The molecule has 0 amide bonds. The molecule has 0 radical (unpaired) electrons. The normalized spacial score (nSPS) is 32.7. The molecule has 0 aliphatic heterocycles. The summed E-state index contributed by atoms with van der Waals surface area (Å²) in [6.45, 7) is 1.03. The maximum atomic E-state index is 13.2. The van der Waals surface area contributed by atoms with Gasteiger partial charge in [0.05, 0.1) is 23.6 Å². The van der Waals surface area contributed by atoms with E-state index in [1.54, 1.807) is 12.1 Å². The van der Waals surface area contributed by atoms with Crippen molar-refractivity contribution in [2.75, 3.05) is 14.1 Å². The highest BCUT2D eigenvalue weighted by molar-refractivity contribution is 6.25. The Morgan fingerprint density at radius 2 is 1.81 bits per heavy atom. The number of aliphatic hydroxyl groups excluding tert-OH is 3. The highest BCUT2D eigenvalue weighted by Gasteiger charge is 2.66. The molecule has 0 bridgehead atoms. The first kappa shape index (κ1) is 21.2. The molecule has 0 heterocycles. The van der Waals surface area contributed by atoms with Gasteiger partial charge in [-0.2, -0.15) is 0 Å². The fourth-order valence-corrected chi connectivity index (χ4v) is 5.30. The average Bonchev–Trinajstić information content (AvgIpc) is 2.67. The third-order valence-electron chi connectivity index (χ3n) is 6.65. The molecule has 4 rings (SSSR count). The highest BCUT2D eigenvalue weighted by atomic mass is 16.4. The number of phenolic OH excluding ortho intramolecular Hbond substituents is 1. The Bertz CT molecular complexity index is 1100. The van der Waals surface area contributed by atoms with Crippen molar-refractivity contribution in [1.29, 1.82) is 0 Å². The Morgan fingerprint density at radius 1 is 1.16 bits per heavy atom. The number of carbonyl (C=O) groups excluding carboxylic acids is 3. The van der Waals surface area contributed by atoms with Crippen molar-refractivity contribution in [2.45, 2.75) is 31.1 Å². The van der Waals surface area contributed by atoms with Crippen LogP contribution in [0.4, 0.5) is 0 Å². The van der Waals surface area contributed by atoms with E-state index in [0.29, 0.717) is 5.56 Å². The maximum Gasteiger partial charge on any atom is 0.209 e. The van der Waals surface area contributed by atoms with Crippen LogP contribution in [0.2, 0.25) is 0 Å². The standard InChI is InChI=1S/C22H23NO8/c1-8(24)12-19(28)16(23(2)3)15-17(26)10-7-9-5-4-6-11(25)13(9)18(27)14(10)21(30)22(15,31)20(12)29/h4-6,10,15-17,25-26,28,30-31H,7H2,1-3H3/t10-,15-,16+,17+,22-/m1/s1. The molecule has 9 nitrogen and oxygen atoms in total. The predicted molar refractivity (Wildman–Crippen MR) is 107 cm³/mol. The van der Waals surface area contributed by atoms with Gasteiger partial charge in [-0.25, -0.2) is 0 Å². The molecule has 0 aromatic heterocycles. The third kappa shape index (κ3) is 2.57. The summed E-state index contributed by atoms with van der Waals surface area (Å²) < 4.78 is 0. The Labute approximate surface area is 177 Å². The molecule has 9 heteroatoms. The molecule has 0 fully saturated rings. The maximum absolute atomic E-state index is 13.2. The van der Waals surface area contributed by atoms with Crippen molar-refractivity contribution in [3.05, 3.63) is 52.0 Å². The second kappa shape index (κ2) is 6.74. The van der Waals surface area contributed by atoms with Crippen molar-refractivity contribution in [1.82, 2.24) is 4.90 Å². The largest absolute Gasteiger partial charge is 0.510 e. The van der Waals surface area contributed by atoms with E-state index in [0.717, 1.165) is 6.92 Å². The van der Waals surface area contributed by atoms with Gasteiger partial charge in [-0.05, 0) is 39.1 Å². The number of Topliss-reactive ketones (excluding diaryl/α,β-unsaturated/α-hetero) is 3. The Hall–Kier alpha value is -3.01. The molecule has 1 aromatic rings. The van der Waals surface area contributed by atoms with Crippen LogP contribution < -0.4 is 0 Å². The Balaban J connectivity index is 2.02. The summed E-state index contributed by atoms with van der Waals surface area (Å²) in [4.78, 5) is 39.9. The van der Waals surface area contributed by atoms with Crippen LogP contribution in [0.25, 0.3) is 0 Å². The van der Waals surface area contributed by atoms with Gasteiger partial charge in [0, 0.05) is 11.5 Å². The molecule has 3 aliphatic carbocycles. The number of likely N-dealkylation sites (N-methyl/N-ethyl adjacent to an activating group) is 1. The van der Waals surface area contributed by atoms with Gasteiger partial charge in [-0.1, -0.05) is 12.1 Å². The zero-order chi connectivity index (χ0) is 23.0. The van der Waals surface area contributed by atoms with Crippen LogP contribution in [-0.4, -0.2) is 79.6 Å². The molecular formula is C22H23NO8. The topological polar surface area (TPSA) is 156 Å². The number of carbonyl (C=O) groups is 3. The number of hydrogen-bond donors (Lipinski definition) is 5.